The van der Waals surface area contributed by atoms with E-state index in [4.69, 9.17) is 72.4 Å². The topological polar surface area (TPSA) is 77.8 Å². The maximum absolute atomic E-state index is 9.20. The first-order valence-electron chi connectivity index (χ1n) is 3.82. The number of hydrogen-bond acceptors (Lipinski definition) is 2. The van der Waals surface area contributed by atoms with Crippen molar-refractivity contribution in [1.29, 1.82) is 0 Å². The van der Waals surface area contributed by atoms with Crippen LogP contribution in [0, 0.1) is 0 Å². The summed E-state index contributed by atoms with van der Waals surface area (Å²) in [5, 5.41) is 9.01. The van der Waals surface area contributed by atoms with Gasteiger partial charge in [-0.2, -0.15) is 0 Å². The fourth-order valence-electron chi connectivity index (χ4n) is 0.593. The fraction of sp³-hybridized carbons (Fsp3) is 0. The summed E-state index contributed by atoms with van der Waals surface area (Å²) in [4.78, 5) is 14.3. The molecule has 1 aromatic rings. The SMILES string of the molecule is C=C.O=[PH](O)O.Oc1c(Cl)c(Cl)c(Cl)c(Cl)c1Cl. The quantitative estimate of drug-likeness (QED) is 0.262. The Morgan fingerprint density at radius 3 is 1.17 bits per heavy atom. The second-order valence-electron chi connectivity index (χ2n) is 2.20. The van der Waals surface area contributed by atoms with Crippen LogP contribution in [0.4, 0.5) is 0 Å². The lowest BCUT2D eigenvalue weighted by Gasteiger charge is -2.06. The summed E-state index contributed by atoms with van der Waals surface area (Å²) >= 11 is 27.9. The Hall–Kier alpha value is 0.360. The van der Waals surface area contributed by atoms with Crippen LogP contribution >= 0.6 is 66.3 Å². The largest absolute Gasteiger partial charge is 0.505 e. The van der Waals surface area contributed by atoms with Gasteiger partial charge in [-0.3, -0.25) is 4.57 Å². The molecule has 0 amide bonds. The van der Waals surface area contributed by atoms with Crippen molar-refractivity contribution in [2.75, 3.05) is 0 Å². The minimum Gasteiger partial charge on any atom is -0.505 e. The molecule has 4 nitrogen and oxygen atoms in total. The molecule has 0 fully saturated rings. The molecule has 1 aromatic carbocycles. The first-order valence-corrected chi connectivity index (χ1v) is 7.01. The highest BCUT2D eigenvalue weighted by Crippen LogP contribution is 2.47. The van der Waals surface area contributed by atoms with Crippen LogP contribution in [0.1, 0.15) is 0 Å². The lowest BCUT2D eigenvalue weighted by molar-refractivity contribution is 0.405. The Morgan fingerprint density at radius 2 is 0.944 bits per heavy atom. The summed E-state index contributed by atoms with van der Waals surface area (Å²) in [6.07, 6.45) is 0. The Bertz CT molecular complexity index is 331. The number of aromatic hydroxyl groups is 1. The maximum Gasteiger partial charge on any atom is 0.314 e. The van der Waals surface area contributed by atoms with Crippen LogP contribution < -0.4 is 0 Å². The number of rotatable bonds is 0. The monoisotopic (exact) mass is 374 g/mol. The van der Waals surface area contributed by atoms with Gasteiger partial charge in [0.05, 0.1) is 15.1 Å². The van der Waals surface area contributed by atoms with E-state index in [0.29, 0.717) is 0 Å². The van der Waals surface area contributed by atoms with Crippen LogP contribution in [0.3, 0.4) is 0 Å². The zero-order chi connectivity index (χ0) is 15.0. The summed E-state index contributed by atoms with van der Waals surface area (Å²) in [5.41, 5.74) is 0. The molecule has 10 heteroatoms. The van der Waals surface area contributed by atoms with Crippen LogP contribution in [0.25, 0.3) is 0 Å². The number of benzene rings is 1. The van der Waals surface area contributed by atoms with Gasteiger partial charge in [0.2, 0.25) is 0 Å². The summed E-state index contributed by atoms with van der Waals surface area (Å²) in [7, 11) is -3.13. The van der Waals surface area contributed by atoms with Crippen LogP contribution in [-0.4, -0.2) is 14.9 Å². The van der Waals surface area contributed by atoms with Crippen molar-refractivity contribution < 1.29 is 19.5 Å². The number of phenols is 1. The van der Waals surface area contributed by atoms with E-state index in [1.807, 2.05) is 0 Å². The Labute approximate surface area is 129 Å². The predicted octanol–water partition coefficient (Wildman–Crippen LogP) is 4.82. The third-order valence-electron chi connectivity index (χ3n) is 1.19. The molecule has 104 valence electrons. The highest BCUT2D eigenvalue weighted by atomic mass is 35.5. The van der Waals surface area contributed by atoms with E-state index in [9.17, 15) is 5.11 Å². The zero-order valence-corrected chi connectivity index (χ0v) is 13.3. The summed E-state index contributed by atoms with van der Waals surface area (Å²) in [5.74, 6) is -0.363. The normalized spacial score (nSPS) is 9.11. The second kappa shape index (κ2) is 10.2. The second-order valence-corrected chi connectivity index (χ2v) is 4.66. The molecule has 0 aliphatic heterocycles. The number of halogens is 5. The van der Waals surface area contributed by atoms with Gasteiger partial charge in [0.25, 0.3) is 0 Å². The summed E-state index contributed by atoms with van der Waals surface area (Å²) in [6, 6.07) is 0. The van der Waals surface area contributed by atoms with E-state index >= 15 is 0 Å². The van der Waals surface area contributed by atoms with E-state index in [1.165, 1.54) is 0 Å². The van der Waals surface area contributed by atoms with Gasteiger partial charge in [0.1, 0.15) is 10.0 Å². The third kappa shape index (κ3) is 6.50. The molecule has 0 heterocycles. The van der Waals surface area contributed by atoms with Crippen molar-refractivity contribution in [3.63, 3.8) is 0 Å². The molecule has 0 unspecified atom stereocenters. The molecule has 18 heavy (non-hydrogen) atoms. The molecule has 0 aliphatic carbocycles. The maximum atomic E-state index is 9.20. The van der Waals surface area contributed by atoms with Gasteiger partial charge in [-0.1, -0.05) is 58.0 Å². The van der Waals surface area contributed by atoms with Gasteiger partial charge in [-0.25, -0.2) is 0 Å². The molecular formula is C8H8Cl5O4P. The highest BCUT2D eigenvalue weighted by Gasteiger charge is 2.18. The predicted molar refractivity (Wildman–Crippen MR) is 77.8 cm³/mol. The molecule has 0 radical (unpaired) electrons. The van der Waals surface area contributed by atoms with Gasteiger partial charge >= 0.3 is 8.25 Å². The first kappa shape index (κ1) is 20.7. The molecule has 0 aliphatic rings. The van der Waals surface area contributed by atoms with Crippen LogP contribution in [-0.2, 0) is 4.57 Å². The molecule has 0 saturated carbocycles. The van der Waals surface area contributed by atoms with Crippen LogP contribution in [0.2, 0.25) is 25.1 Å². The molecule has 0 bridgehead atoms. The van der Waals surface area contributed by atoms with Crippen molar-refractivity contribution >= 4 is 66.3 Å². The zero-order valence-electron chi connectivity index (χ0n) is 8.55. The Morgan fingerprint density at radius 1 is 0.778 bits per heavy atom. The lowest BCUT2D eigenvalue weighted by atomic mass is 10.3. The average Bonchev–Trinajstić information content (AvgIpc) is 2.33. The van der Waals surface area contributed by atoms with E-state index in [1.54, 1.807) is 0 Å². The van der Waals surface area contributed by atoms with Gasteiger partial charge in [-0.15, -0.1) is 13.2 Å². The van der Waals surface area contributed by atoms with Gasteiger partial charge in [-0.05, 0) is 0 Å². The molecular weight excluding hydrogens is 368 g/mol. The van der Waals surface area contributed by atoms with Gasteiger partial charge < -0.3 is 14.9 Å². The van der Waals surface area contributed by atoms with E-state index in [2.05, 4.69) is 13.2 Å². The smallest absolute Gasteiger partial charge is 0.314 e. The van der Waals surface area contributed by atoms with Gasteiger partial charge in [0, 0.05) is 0 Å². The molecule has 0 spiro atoms. The minimum absolute atomic E-state index is 0.00904. The van der Waals surface area contributed by atoms with Crippen molar-refractivity contribution in [2.45, 2.75) is 0 Å². The Kier molecular flexibility index (Phi) is 11.7. The van der Waals surface area contributed by atoms with Gasteiger partial charge in [0.15, 0.2) is 5.75 Å². The van der Waals surface area contributed by atoms with E-state index in [0.717, 1.165) is 0 Å². The molecule has 0 atom stereocenters. The van der Waals surface area contributed by atoms with Crippen molar-refractivity contribution in [3.05, 3.63) is 38.3 Å². The van der Waals surface area contributed by atoms with Crippen molar-refractivity contribution in [2.24, 2.45) is 0 Å². The first-order chi connectivity index (χ1) is 8.20. The average molecular weight is 376 g/mol. The van der Waals surface area contributed by atoms with Crippen molar-refractivity contribution in [1.82, 2.24) is 0 Å². The summed E-state index contributed by atoms with van der Waals surface area (Å²) in [6.45, 7) is 6.00. The summed E-state index contributed by atoms with van der Waals surface area (Å²) < 4.78 is 8.74. The fourth-order valence-corrected chi connectivity index (χ4v) is 1.72. The molecule has 1 rings (SSSR count). The van der Waals surface area contributed by atoms with Crippen molar-refractivity contribution in [3.8, 4) is 5.75 Å². The lowest BCUT2D eigenvalue weighted by Crippen LogP contribution is -1.78. The van der Waals surface area contributed by atoms with Crippen LogP contribution in [0.15, 0.2) is 13.2 Å². The molecule has 0 saturated heterocycles. The minimum atomic E-state index is -3.13. The number of phenolic OH excluding ortho intramolecular Hbond substituents is 1. The Balaban J connectivity index is 0. The van der Waals surface area contributed by atoms with E-state index < -0.39 is 8.25 Å². The third-order valence-corrected chi connectivity index (χ3v) is 3.44. The molecule has 0 aromatic heterocycles. The number of hydrogen-bond donors (Lipinski definition) is 3. The standard InChI is InChI=1S/C6HCl5O.C2H4.H3O3P/c7-1-2(8)4(10)6(12)5(11)3(1)9;1-2;1-4(2)3/h12H;1-2H2;4H,(H2,1,2,3). The van der Waals surface area contributed by atoms with E-state index in [-0.39, 0.29) is 30.9 Å². The highest BCUT2D eigenvalue weighted by molar-refractivity contribution is 7.30. The van der Waals surface area contributed by atoms with Crippen LogP contribution in [0.5, 0.6) is 5.75 Å². The molecule has 3 N–H and O–H groups in total.